The Bertz CT molecular complexity index is 1200. The van der Waals surface area contributed by atoms with Gasteiger partial charge in [0.1, 0.15) is 11.9 Å². The molecule has 9 heteroatoms. The molecule has 8 nitrogen and oxygen atoms in total. The molecule has 39 heavy (non-hydrogen) atoms. The van der Waals surface area contributed by atoms with Crippen LogP contribution < -0.4 is 10.6 Å². The number of nitrogens with one attached hydrogen (secondary N) is 2. The highest BCUT2D eigenvalue weighted by Crippen LogP contribution is 2.28. The standard InChI is InChI=1S/C30H43N5O3S/c1-4-9-25(30(37)31-13-8-14-34-15-17-38-18-16-34)33-29(36)22-11-12-27-26(20-22)32-28(21-24-10-7-19-39-24)35(27)23(5-2)6-3/h7,10-12,19-20,23,25H,4-6,8-9,13-18,21H2,1-3H3,(H,31,37)(H,33,36)/t25-/m0/s1. The van der Waals surface area contributed by atoms with Crippen LogP contribution in [0.4, 0.5) is 0 Å². The lowest BCUT2D eigenvalue weighted by Gasteiger charge is -2.26. The van der Waals surface area contributed by atoms with Crippen LogP contribution in [0, 0.1) is 0 Å². The summed E-state index contributed by atoms with van der Waals surface area (Å²) in [7, 11) is 0. The van der Waals surface area contributed by atoms with Crippen molar-refractivity contribution in [1.29, 1.82) is 0 Å². The summed E-state index contributed by atoms with van der Waals surface area (Å²) in [6, 6.07) is 9.74. The maximum atomic E-state index is 13.3. The van der Waals surface area contributed by atoms with Crippen LogP contribution in [0.2, 0.25) is 0 Å². The van der Waals surface area contributed by atoms with Gasteiger partial charge in [0, 0.05) is 42.5 Å². The Morgan fingerprint density at radius 3 is 2.62 bits per heavy atom. The maximum absolute atomic E-state index is 13.3. The minimum atomic E-state index is -0.557. The Morgan fingerprint density at radius 1 is 1.13 bits per heavy atom. The van der Waals surface area contributed by atoms with Gasteiger partial charge >= 0.3 is 0 Å². The highest BCUT2D eigenvalue weighted by atomic mass is 32.1. The molecule has 2 aromatic heterocycles. The van der Waals surface area contributed by atoms with Crippen molar-refractivity contribution < 1.29 is 14.3 Å². The summed E-state index contributed by atoms with van der Waals surface area (Å²) in [5, 5.41) is 8.10. The third-order valence-electron chi connectivity index (χ3n) is 7.50. The first-order valence-corrected chi connectivity index (χ1v) is 15.3. The van der Waals surface area contributed by atoms with Crippen LogP contribution in [0.3, 0.4) is 0 Å². The van der Waals surface area contributed by atoms with E-state index in [1.54, 1.807) is 11.3 Å². The molecule has 1 aliphatic heterocycles. The molecule has 2 N–H and O–H groups in total. The fourth-order valence-electron chi connectivity index (χ4n) is 5.31. The zero-order valence-corrected chi connectivity index (χ0v) is 24.4. The van der Waals surface area contributed by atoms with Crippen LogP contribution in [0.15, 0.2) is 35.7 Å². The minimum absolute atomic E-state index is 0.121. The van der Waals surface area contributed by atoms with Gasteiger partial charge in [-0.25, -0.2) is 4.98 Å². The molecule has 0 radical (unpaired) electrons. The number of fused-ring (bicyclic) bond motifs is 1. The average Bonchev–Trinajstić information content (AvgIpc) is 3.60. The summed E-state index contributed by atoms with van der Waals surface area (Å²) < 4.78 is 7.74. The number of thiophene rings is 1. The zero-order valence-electron chi connectivity index (χ0n) is 23.6. The Hall–Kier alpha value is -2.75. The molecule has 1 aliphatic rings. The predicted octanol–water partition coefficient (Wildman–Crippen LogP) is 4.79. The van der Waals surface area contributed by atoms with Crippen LogP contribution >= 0.6 is 11.3 Å². The van der Waals surface area contributed by atoms with Crippen LogP contribution in [-0.2, 0) is 16.0 Å². The fraction of sp³-hybridized carbons (Fsp3) is 0.567. The molecule has 0 aliphatic carbocycles. The van der Waals surface area contributed by atoms with Crippen molar-refractivity contribution in [3.63, 3.8) is 0 Å². The van der Waals surface area contributed by atoms with E-state index in [1.165, 1.54) is 4.88 Å². The van der Waals surface area contributed by atoms with Crippen LogP contribution in [0.25, 0.3) is 11.0 Å². The molecule has 1 saturated heterocycles. The van der Waals surface area contributed by atoms with Gasteiger partial charge in [-0.05, 0) is 61.9 Å². The molecule has 0 bridgehead atoms. The van der Waals surface area contributed by atoms with Crippen molar-refractivity contribution in [3.05, 3.63) is 52.0 Å². The van der Waals surface area contributed by atoms with E-state index in [-0.39, 0.29) is 11.8 Å². The summed E-state index contributed by atoms with van der Waals surface area (Å²) in [6.07, 6.45) is 5.08. The first kappa shape index (κ1) is 29.2. The number of ether oxygens (including phenoxy) is 1. The molecule has 0 saturated carbocycles. The topological polar surface area (TPSA) is 88.5 Å². The van der Waals surface area contributed by atoms with E-state index in [0.29, 0.717) is 24.6 Å². The molecule has 1 atom stereocenters. The lowest BCUT2D eigenvalue weighted by atomic mass is 10.1. The number of morpholine rings is 1. The monoisotopic (exact) mass is 553 g/mol. The molecule has 3 aromatic rings. The van der Waals surface area contributed by atoms with Crippen LogP contribution in [0.1, 0.15) is 80.0 Å². The lowest BCUT2D eigenvalue weighted by Crippen LogP contribution is -2.47. The van der Waals surface area contributed by atoms with E-state index in [1.807, 2.05) is 25.1 Å². The van der Waals surface area contributed by atoms with Gasteiger partial charge in [-0.2, -0.15) is 0 Å². The Labute approximate surface area is 236 Å². The van der Waals surface area contributed by atoms with Crippen molar-refractivity contribution in [2.24, 2.45) is 0 Å². The summed E-state index contributed by atoms with van der Waals surface area (Å²) >= 11 is 1.74. The molecule has 1 aromatic carbocycles. The van der Waals surface area contributed by atoms with Gasteiger partial charge in [-0.15, -0.1) is 11.3 Å². The van der Waals surface area contributed by atoms with Gasteiger partial charge in [0.15, 0.2) is 0 Å². The van der Waals surface area contributed by atoms with Gasteiger partial charge in [0.25, 0.3) is 5.91 Å². The highest BCUT2D eigenvalue weighted by Gasteiger charge is 2.23. The van der Waals surface area contributed by atoms with Crippen molar-refractivity contribution >= 4 is 34.2 Å². The summed E-state index contributed by atoms with van der Waals surface area (Å²) in [5.41, 5.74) is 2.40. The second-order valence-electron chi connectivity index (χ2n) is 10.2. The fourth-order valence-corrected chi connectivity index (χ4v) is 6.01. The quantitative estimate of drug-likeness (QED) is 0.280. The van der Waals surface area contributed by atoms with Crippen molar-refractivity contribution in [1.82, 2.24) is 25.1 Å². The van der Waals surface area contributed by atoms with E-state index in [0.717, 1.165) is 81.8 Å². The Balaban J connectivity index is 1.43. The molecule has 0 unspecified atom stereocenters. The second-order valence-corrected chi connectivity index (χ2v) is 11.3. The van der Waals surface area contributed by atoms with Crippen molar-refractivity contribution in [2.45, 2.75) is 71.4 Å². The van der Waals surface area contributed by atoms with Gasteiger partial charge in [-0.1, -0.05) is 33.3 Å². The van der Waals surface area contributed by atoms with Crippen molar-refractivity contribution in [3.8, 4) is 0 Å². The predicted molar refractivity (Wildman–Crippen MR) is 158 cm³/mol. The molecular weight excluding hydrogens is 510 g/mol. The molecule has 4 rings (SSSR count). The lowest BCUT2D eigenvalue weighted by molar-refractivity contribution is -0.123. The van der Waals surface area contributed by atoms with E-state index < -0.39 is 6.04 Å². The smallest absolute Gasteiger partial charge is 0.252 e. The SMILES string of the molecule is CCC[C@H](NC(=O)c1ccc2c(c1)nc(Cc1cccs1)n2C(CC)CC)C(=O)NCCCN1CCOCC1. The molecular formula is C30H43N5O3S. The third-order valence-corrected chi connectivity index (χ3v) is 8.37. The number of hydrogen-bond acceptors (Lipinski definition) is 6. The zero-order chi connectivity index (χ0) is 27.6. The van der Waals surface area contributed by atoms with E-state index in [9.17, 15) is 9.59 Å². The number of amides is 2. The first-order chi connectivity index (χ1) is 19.0. The Morgan fingerprint density at radius 2 is 1.92 bits per heavy atom. The van der Waals surface area contributed by atoms with E-state index in [2.05, 4.69) is 51.5 Å². The molecule has 1 fully saturated rings. The number of aromatic nitrogens is 2. The average molecular weight is 554 g/mol. The molecule has 3 heterocycles. The summed E-state index contributed by atoms with van der Waals surface area (Å²) in [5.74, 6) is 0.666. The number of hydrogen-bond donors (Lipinski definition) is 2. The van der Waals surface area contributed by atoms with Crippen molar-refractivity contribution in [2.75, 3.05) is 39.4 Å². The summed E-state index contributed by atoms with van der Waals surface area (Å²) in [4.78, 5) is 34.8. The number of nitrogens with zero attached hydrogens (tertiary/aromatic N) is 3. The number of carbonyl (C=O) groups excluding carboxylic acids is 2. The number of carbonyl (C=O) groups is 2. The second kappa shape index (κ2) is 14.6. The molecule has 0 spiro atoms. The largest absolute Gasteiger partial charge is 0.379 e. The van der Waals surface area contributed by atoms with Crippen LogP contribution in [0.5, 0.6) is 0 Å². The first-order valence-electron chi connectivity index (χ1n) is 14.5. The van der Waals surface area contributed by atoms with E-state index in [4.69, 9.17) is 9.72 Å². The Kier molecular flexibility index (Phi) is 10.9. The normalized spacial score (nSPS) is 15.1. The van der Waals surface area contributed by atoms with E-state index >= 15 is 0 Å². The van der Waals surface area contributed by atoms with Gasteiger partial charge in [-0.3, -0.25) is 14.5 Å². The molecule has 2 amide bonds. The van der Waals surface area contributed by atoms with Gasteiger partial charge in [0.05, 0.1) is 24.2 Å². The minimum Gasteiger partial charge on any atom is -0.379 e. The summed E-state index contributed by atoms with van der Waals surface area (Å²) in [6.45, 7) is 11.4. The molecule has 212 valence electrons. The number of rotatable bonds is 14. The number of imidazole rings is 1. The third kappa shape index (κ3) is 7.68. The van der Waals surface area contributed by atoms with Gasteiger partial charge < -0.3 is 19.9 Å². The maximum Gasteiger partial charge on any atom is 0.252 e. The van der Waals surface area contributed by atoms with Crippen LogP contribution in [-0.4, -0.2) is 71.7 Å². The number of benzene rings is 1. The van der Waals surface area contributed by atoms with Gasteiger partial charge in [0.2, 0.25) is 5.91 Å². The highest BCUT2D eigenvalue weighted by molar-refractivity contribution is 7.09.